The molecular weight excluding hydrogens is 316 g/mol. The molecule has 0 amide bonds. The third-order valence-corrected chi connectivity index (χ3v) is 4.20. The van der Waals surface area contributed by atoms with E-state index in [1.165, 1.54) is 11.1 Å². The lowest BCUT2D eigenvalue weighted by atomic mass is 9.98. The zero-order chi connectivity index (χ0) is 14.5. The van der Waals surface area contributed by atoms with Crippen LogP contribution >= 0.6 is 15.9 Å². The molecule has 2 aromatic rings. The molecule has 0 aliphatic heterocycles. The van der Waals surface area contributed by atoms with Gasteiger partial charge >= 0.3 is 0 Å². The molecule has 0 bridgehead atoms. The maximum atomic E-state index is 10.3. The minimum Gasteiger partial charge on any atom is -0.497 e. The number of rotatable bonds is 5. The van der Waals surface area contributed by atoms with Crippen molar-refractivity contribution in [1.82, 2.24) is 0 Å². The number of halogens is 1. The number of hydrogen-bond acceptors (Lipinski definition) is 2. The van der Waals surface area contributed by atoms with Crippen LogP contribution in [0.4, 0.5) is 0 Å². The minimum absolute atomic E-state index is 0.403. The van der Waals surface area contributed by atoms with E-state index >= 15 is 0 Å². The highest BCUT2D eigenvalue weighted by molar-refractivity contribution is 9.10. The molecule has 0 heterocycles. The SMILES string of the molecule is COc1ccc(Br)c(CC(O)Cc2ccccc2C)c1. The topological polar surface area (TPSA) is 29.5 Å². The van der Waals surface area contributed by atoms with Gasteiger partial charge in [-0.25, -0.2) is 0 Å². The second-order valence-electron chi connectivity index (χ2n) is 4.95. The number of methoxy groups -OCH3 is 1. The van der Waals surface area contributed by atoms with Crippen LogP contribution in [0.3, 0.4) is 0 Å². The first-order valence-corrected chi connectivity index (χ1v) is 7.44. The summed E-state index contributed by atoms with van der Waals surface area (Å²) < 4.78 is 6.23. The predicted molar refractivity (Wildman–Crippen MR) is 85.3 cm³/mol. The second-order valence-corrected chi connectivity index (χ2v) is 5.80. The molecule has 0 aliphatic rings. The molecule has 106 valence electrons. The van der Waals surface area contributed by atoms with Crippen LogP contribution in [0.5, 0.6) is 5.75 Å². The van der Waals surface area contributed by atoms with Crippen LogP contribution in [0.2, 0.25) is 0 Å². The number of benzene rings is 2. The van der Waals surface area contributed by atoms with Gasteiger partial charge in [-0.1, -0.05) is 40.2 Å². The summed E-state index contributed by atoms with van der Waals surface area (Å²) in [5.41, 5.74) is 3.47. The molecule has 2 aromatic carbocycles. The summed E-state index contributed by atoms with van der Waals surface area (Å²) in [7, 11) is 1.65. The van der Waals surface area contributed by atoms with Crippen LogP contribution in [-0.2, 0) is 12.8 Å². The number of aryl methyl sites for hydroxylation is 1. The van der Waals surface area contributed by atoms with Crippen molar-refractivity contribution in [3.8, 4) is 5.75 Å². The van der Waals surface area contributed by atoms with Crippen LogP contribution in [0.25, 0.3) is 0 Å². The average Bonchev–Trinajstić information content (AvgIpc) is 2.44. The summed E-state index contributed by atoms with van der Waals surface area (Å²) in [5, 5.41) is 10.3. The van der Waals surface area contributed by atoms with Crippen molar-refractivity contribution >= 4 is 15.9 Å². The first kappa shape index (κ1) is 15.1. The van der Waals surface area contributed by atoms with Crippen molar-refractivity contribution in [3.05, 3.63) is 63.6 Å². The Kier molecular flexibility index (Phi) is 5.21. The zero-order valence-electron chi connectivity index (χ0n) is 11.8. The summed E-state index contributed by atoms with van der Waals surface area (Å²) in [5.74, 6) is 0.811. The lowest BCUT2D eigenvalue weighted by Crippen LogP contribution is -2.15. The Morgan fingerprint density at radius 1 is 1.10 bits per heavy atom. The number of hydrogen-bond donors (Lipinski definition) is 1. The molecule has 0 saturated carbocycles. The fourth-order valence-electron chi connectivity index (χ4n) is 2.25. The van der Waals surface area contributed by atoms with E-state index in [0.29, 0.717) is 12.8 Å². The molecule has 2 nitrogen and oxygen atoms in total. The van der Waals surface area contributed by atoms with Crippen LogP contribution in [0, 0.1) is 6.92 Å². The van der Waals surface area contributed by atoms with Gasteiger partial charge in [0, 0.05) is 4.47 Å². The Hall–Kier alpha value is -1.32. The van der Waals surface area contributed by atoms with Gasteiger partial charge in [-0.3, -0.25) is 0 Å². The third-order valence-electron chi connectivity index (χ3n) is 3.43. The number of aliphatic hydroxyl groups is 1. The standard InChI is InChI=1S/C17H19BrO2/c1-12-5-3-4-6-13(12)9-15(19)10-14-11-16(20-2)7-8-17(14)18/h3-8,11,15,19H,9-10H2,1-2H3. The molecular formula is C17H19BrO2. The van der Waals surface area contributed by atoms with E-state index in [4.69, 9.17) is 4.74 Å². The van der Waals surface area contributed by atoms with Crippen molar-refractivity contribution in [3.63, 3.8) is 0 Å². The van der Waals surface area contributed by atoms with Gasteiger partial charge in [0.15, 0.2) is 0 Å². The fourth-order valence-corrected chi connectivity index (χ4v) is 2.66. The van der Waals surface area contributed by atoms with E-state index in [9.17, 15) is 5.11 Å². The van der Waals surface area contributed by atoms with Crippen molar-refractivity contribution < 1.29 is 9.84 Å². The maximum Gasteiger partial charge on any atom is 0.119 e. The molecule has 0 aliphatic carbocycles. The first-order valence-electron chi connectivity index (χ1n) is 6.65. The molecule has 2 rings (SSSR count). The quantitative estimate of drug-likeness (QED) is 0.898. The van der Waals surface area contributed by atoms with Gasteiger partial charge < -0.3 is 9.84 Å². The molecule has 3 heteroatoms. The summed E-state index contributed by atoms with van der Waals surface area (Å²) in [4.78, 5) is 0. The van der Waals surface area contributed by atoms with Crippen LogP contribution in [0.15, 0.2) is 46.9 Å². The normalized spacial score (nSPS) is 12.2. The molecule has 1 atom stereocenters. The summed E-state index contributed by atoms with van der Waals surface area (Å²) >= 11 is 3.52. The van der Waals surface area contributed by atoms with Crippen molar-refractivity contribution in [1.29, 1.82) is 0 Å². The summed E-state index contributed by atoms with van der Waals surface area (Å²) in [6.07, 6.45) is 0.863. The Labute approximate surface area is 128 Å². The highest BCUT2D eigenvalue weighted by atomic mass is 79.9. The highest BCUT2D eigenvalue weighted by Gasteiger charge is 2.11. The monoisotopic (exact) mass is 334 g/mol. The average molecular weight is 335 g/mol. The molecule has 0 radical (unpaired) electrons. The maximum absolute atomic E-state index is 10.3. The summed E-state index contributed by atoms with van der Waals surface area (Å²) in [6.45, 7) is 2.07. The predicted octanol–water partition coefficient (Wildman–Crippen LogP) is 3.91. The van der Waals surface area contributed by atoms with E-state index in [-0.39, 0.29) is 0 Å². The van der Waals surface area contributed by atoms with Crippen molar-refractivity contribution in [2.24, 2.45) is 0 Å². The van der Waals surface area contributed by atoms with Gasteiger partial charge in [-0.15, -0.1) is 0 Å². The smallest absolute Gasteiger partial charge is 0.119 e. The van der Waals surface area contributed by atoms with Crippen LogP contribution in [0.1, 0.15) is 16.7 Å². The first-order chi connectivity index (χ1) is 9.60. The van der Waals surface area contributed by atoms with Gasteiger partial charge in [0.25, 0.3) is 0 Å². The van der Waals surface area contributed by atoms with E-state index in [2.05, 4.69) is 35.0 Å². The van der Waals surface area contributed by atoms with Crippen molar-refractivity contribution in [2.45, 2.75) is 25.9 Å². The molecule has 0 spiro atoms. The molecule has 20 heavy (non-hydrogen) atoms. The van der Waals surface area contributed by atoms with Crippen LogP contribution in [-0.4, -0.2) is 18.3 Å². The Morgan fingerprint density at radius 3 is 2.50 bits per heavy atom. The fraction of sp³-hybridized carbons (Fsp3) is 0.294. The highest BCUT2D eigenvalue weighted by Crippen LogP contribution is 2.24. The molecule has 1 N–H and O–H groups in total. The Morgan fingerprint density at radius 2 is 1.80 bits per heavy atom. The summed E-state index contributed by atoms with van der Waals surface area (Å²) in [6, 6.07) is 14.0. The second kappa shape index (κ2) is 6.91. The van der Waals surface area contributed by atoms with E-state index < -0.39 is 6.10 Å². The lowest BCUT2D eigenvalue weighted by Gasteiger charge is -2.14. The largest absolute Gasteiger partial charge is 0.497 e. The van der Waals surface area contributed by atoms with E-state index in [0.717, 1.165) is 15.8 Å². The Bertz CT molecular complexity index is 581. The number of ether oxygens (including phenoxy) is 1. The number of aliphatic hydroxyl groups excluding tert-OH is 1. The molecule has 1 unspecified atom stereocenters. The van der Waals surface area contributed by atoms with Gasteiger partial charge in [-0.05, 0) is 54.7 Å². The van der Waals surface area contributed by atoms with Gasteiger partial charge in [-0.2, -0.15) is 0 Å². The minimum atomic E-state index is -0.403. The van der Waals surface area contributed by atoms with Crippen molar-refractivity contribution in [2.75, 3.05) is 7.11 Å². The molecule has 0 saturated heterocycles. The van der Waals surface area contributed by atoms with Gasteiger partial charge in [0.2, 0.25) is 0 Å². The molecule has 0 aromatic heterocycles. The third kappa shape index (κ3) is 3.84. The lowest BCUT2D eigenvalue weighted by molar-refractivity contribution is 0.175. The van der Waals surface area contributed by atoms with Gasteiger partial charge in [0.05, 0.1) is 13.2 Å². The Balaban J connectivity index is 2.08. The van der Waals surface area contributed by atoms with E-state index in [1.54, 1.807) is 7.11 Å². The molecule has 0 fully saturated rings. The zero-order valence-corrected chi connectivity index (χ0v) is 13.4. The van der Waals surface area contributed by atoms with E-state index in [1.807, 2.05) is 30.3 Å². The van der Waals surface area contributed by atoms with Gasteiger partial charge in [0.1, 0.15) is 5.75 Å². The van der Waals surface area contributed by atoms with Crippen LogP contribution < -0.4 is 4.74 Å².